The van der Waals surface area contributed by atoms with Gasteiger partial charge < -0.3 is 5.11 Å². The van der Waals surface area contributed by atoms with Gasteiger partial charge in [-0.1, -0.05) is 12.1 Å². The predicted octanol–water partition coefficient (Wildman–Crippen LogP) is 4.43. The monoisotopic (exact) mass is 290 g/mol. The number of aromatic carboxylic acids is 1. The first kappa shape index (κ1) is 14.6. The molecule has 20 heavy (non-hydrogen) atoms. The molecule has 0 saturated carbocycles. The molecule has 2 aromatic carbocycles. The minimum absolute atomic E-state index is 0.0290. The lowest BCUT2D eigenvalue weighted by atomic mass is 10.1. The maximum atomic E-state index is 13.1. The Morgan fingerprint density at radius 1 is 1.15 bits per heavy atom. The molecule has 0 amide bonds. The fraction of sp³-hybridized carbons (Fsp3) is 0.188. The molecule has 0 radical (unpaired) electrons. The second-order valence-electron chi connectivity index (χ2n) is 4.64. The Hall–Kier alpha value is -1.81. The summed E-state index contributed by atoms with van der Waals surface area (Å²) in [6.45, 7) is 4.09. The van der Waals surface area contributed by atoms with Crippen molar-refractivity contribution >= 4 is 17.7 Å². The standard InChI is InChI=1S/C16H15FO2S/c1-10-3-6-14(7-11(10)2)20-9-12-4-5-13(17)8-15(12)16(18)19/h3-8H,9H2,1-2H3,(H,18,19). The number of benzene rings is 2. The molecule has 0 aliphatic carbocycles. The summed E-state index contributed by atoms with van der Waals surface area (Å²) in [4.78, 5) is 12.2. The molecule has 0 fully saturated rings. The van der Waals surface area contributed by atoms with Crippen molar-refractivity contribution in [3.8, 4) is 0 Å². The van der Waals surface area contributed by atoms with Gasteiger partial charge in [-0.3, -0.25) is 0 Å². The van der Waals surface area contributed by atoms with Gasteiger partial charge >= 0.3 is 5.97 Å². The zero-order chi connectivity index (χ0) is 14.7. The lowest BCUT2D eigenvalue weighted by molar-refractivity contribution is 0.0695. The smallest absolute Gasteiger partial charge is 0.336 e. The minimum Gasteiger partial charge on any atom is -0.478 e. The van der Waals surface area contributed by atoms with E-state index < -0.39 is 11.8 Å². The van der Waals surface area contributed by atoms with Crippen molar-refractivity contribution in [3.05, 3.63) is 64.5 Å². The van der Waals surface area contributed by atoms with E-state index in [9.17, 15) is 9.18 Å². The SMILES string of the molecule is Cc1ccc(SCc2ccc(F)cc2C(=O)O)cc1C. The van der Waals surface area contributed by atoms with Crippen molar-refractivity contribution in [2.75, 3.05) is 0 Å². The average molecular weight is 290 g/mol. The van der Waals surface area contributed by atoms with Crippen molar-refractivity contribution < 1.29 is 14.3 Å². The van der Waals surface area contributed by atoms with Gasteiger partial charge in [-0.15, -0.1) is 11.8 Å². The van der Waals surface area contributed by atoms with Crippen LogP contribution in [0.3, 0.4) is 0 Å². The quantitative estimate of drug-likeness (QED) is 0.846. The third kappa shape index (κ3) is 3.39. The Morgan fingerprint density at radius 3 is 2.55 bits per heavy atom. The van der Waals surface area contributed by atoms with E-state index in [-0.39, 0.29) is 5.56 Å². The number of carboxylic acids is 1. The van der Waals surface area contributed by atoms with Crippen LogP contribution in [0.15, 0.2) is 41.3 Å². The Balaban J connectivity index is 2.18. The van der Waals surface area contributed by atoms with Crippen LogP contribution in [0, 0.1) is 19.7 Å². The van der Waals surface area contributed by atoms with Crippen LogP contribution >= 0.6 is 11.8 Å². The van der Waals surface area contributed by atoms with Gasteiger partial charge in [0.15, 0.2) is 0 Å². The molecule has 0 spiro atoms. The van der Waals surface area contributed by atoms with Crippen LogP contribution in [-0.4, -0.2) is 11.1 Å². The van der Waals surface area contributed by atoms with Crippen molar-refractivity contribution in [2.24, 2.45) is 0 Å². The van der Waals surface area contributed by atoms with E-state index >= 15 is 0 Å². The van der Waals surface area contributed by atoms with Crippen LogP contribution in [0.5, 0.6) is 0 Å². The molecule has 0 bridgehead atoms. The molecule has 0 aliphatic rings. The molecule has 2 rings (SSSR count). The highest BCUT2D eigenvalue weighted by molar-refractivity contribution is 7.98. The first-order valence-electron chi connectivity index (χ1n) is 6.19. The molecule has 0 aromatic heterocycles. The van der Waals surface area contributed by atoms with Gasteiger partial charge in [-0.05, 0) is 54.8 Å². The summed E-state index contributed by atoms with van der Waals surface area (Å²) in [7, 11) is 0. The summed E-state index contributed by atoms with van der Waals surface area (Å²) < 4.78 is 13.1. The number of hydrogen-bond donors (Lipinski definition) is 1. The highest BCUT2D eigenvalue weighted by atomic mass is 32.2. The lowest BCUT2D eigenvalue weighted by Crippen LogP contribution is -2.02. The predicted molar refractivity (Wildman–Crippen MR) is 78.8 cm³/mol. The zero-order valence-corrected chi connectivity index (χ0v) is 12.1. The zero-order valence-electron chi connectivity index (χ0n) is 11.3. The summed E-state index contributed by atoms with van der Waals surface area (Å²) in [5.41, 5.74) is 3.08. The van der Waals surface area contributed by atoms with Crippen LogP contribution < -0.4 is 0 Å². The molecular formula is C16H15FO2S. The summed E-state index contributed by atoms with van der Waals surface area (Å²) >= 11 is 1.55. The molecule has 2 aromatic rings. The van der Waals surface area contributed by atoms with Gasteiger partial charge in [-0.2, -0.15) is 0 Å². The molecular weight excluding hydrogens is 275 g/mol. The third-order valence-corrected chi connectivity index (χ3v) is 4.22. The Kier molecular flexibility index (Phi) is 4.45. The van der Waals surface area contributed by atoms with Crippen molar-refractivity contribution in [1.82, 2.24) is 0 Å². The van der Waals surface area contributed by atoms with E-state index in [0.717, 1.165) is 11.0 Å². The molecule has 0 saturated heterocycles. The fourth-order valence-electron chi connectivity index (χ4n) is 1.84. The number of rotatable bonds is 4. The molecule has 104 valence electrons. The van der Waals surface area contributed by atoms with Crippen molar-refractivity contribution in [3.63, 3.8) is 0 Å². The van der Waals surface area contributed by atoms with Gasteiger partial charge in [0.1, 0.15) is 5.82 Å². The number of hydrogen-bond acceptors (Lipinski definition) is 2. The van der Waals surface area contributed by atoms with E-state index in [1.165, 1.54) is 23.3 Å². The van der Waals surface area contributed by atoms with E-state index in [4.69, 9.17) is 5.11 Å². The molecule has 0 atom stereocenters. The van der Waals surface area contributed by atoms with E-state index in [1.54, 1.807) is 11.8 Å². The average Bonchev–Trinajstić information content (AvgIpc) is 2.41. The van der Waals surface area contributed by atoms with Crippen LogP contribution in [0.2, 0.25) is 0 Å². The highest BCUT2D eigenvalue weighted by Gasteiger charge is 2.11. The second-order valence-corrected chi connectivity index (χ2v) is 5.69. The van der Waals surface area contributed by atoms with Crippen molar-refractivity contribution in [1.29, 1.82) is 0 Å². The highest BCUT2D eigenvalue weighted by Crippen LogP contribution is 2.26. The topological polar surface area (TPSA) is 37.3 Å². The molecule has 0 heterocycles. The van der Waals surface area contributed by atoms with Gasteiger partial charge in [0.2, 0.25) is 0 Å². The number of halogens is 1. The normalized spacial score (nSPS) is 10.6. The van der Waals surface area contributed by atoms with Crippen molar-refractivity contribution in [2.45, 2.75) is 24.5 Å². The van der Waals surface area contributed by atoms with Gasteiger partial charge in [0, 0.05) is 10.6 Å². The Bertz CT molecular complexity index is 653. The first-order chi connectivity index (χ1) is 9.47. The first-order valence-corrected chi connectivity index (χ1v) is 7.17. The van der Waals surface area contributed by atoms with Crippen LogP contribution in [0.25, 0.3) is 0 Å². The van der Waals surface area contributed by atoms with Gasteiger partial charge in [-0.25, -0.2) is 9.18 Å². The molecule has 0 unspecified atom stereocenters. The minimum atomic E-state index is -1.10. The molecule has 1 N–H and O–H groups in total. The van der Waals surface area contributed by atoms with Gasteiger partial charge in [0.05, 0.1) is 5.56 Å². The number of carbonyl (C=O) groups is 1. The molecule has 2 nitrogen and oxygen atoms in total. The van der Waals surface area contributed by atoms with Crippen LogP contribution in [0.1, 0.15) is 27.0 Å². The summed E-state index contributed by atoms with van der Waals surface area (Å²) in [6, 6.07) is 10.0. The third-order valence-electron chi connectivity index (χ3n) is 3.18. The summed E-state index contributed by atoms with van der Waals surface area (Å²) in [6.07, 6.45) is 0. The van der Waals surface area contributed by atoms with E-state index in [2.05, 4.69) is 6.07 Å². The molecule has 4 heteroatoms. The summed E-state index contributed by atoms with van der Waals surface area (Å²) in [5, 5.41) is 9.09. The van der Waals surface area contributed by atoms with Crippen LogP contribution in [0.4, 0.5) is 4.39 Å². The van der Waals surface area contributed by atoms with Gasteiger partial charge in [0.25, 0.3) is 0 Å². The van der Waals surface area contributed by atoms with E-state index in [1.807, 2.05) is 26.0 Å². The largest absolute Gasteiger partial charge is 0.478 e. The number of aryl methyl sites for hydroxylation is 2. The fourth-order valence-corrected chi connectivity index (χ4v) is 2.84. The molecule has 0 aliphatic heterocycles. The van der Waals surface area contributed by atoms with E-state index in [0.29, 0.717) is 11.3 Å². The Labute approximate surface area is 121 Å². The lowest BCUT2D eigenvalue weighted by Gasteiger charge is -2.08. The van der Waals surface area contributed by atoms with Crippen LogP contribution in [-0.2, 0) is 5.75 Å². The second kappa shape index (κ2) is 6.09. The Morgan fingerprint density at radius 2 is 1.90 bits per heavy atom. The number of carboxylic acid groups (broad SMARTS) is 1. The number of thioether (sulfide) groups is 1. The summed E-state index contributed by atoms with van der Waals surface area (Å²) in [5.74, 6) is -1.12. The maximum absolute atomic E-state index is 13.1. The maximum Gasteiger partial charge on any atom is 0.336 e.